The van der Waals surface area contributed by atoms with Crippen molar-refractivity contribution < 1.29 is 4.42 Å². The lowest BCUT2D eigenvalue weighted by Crippen LogP contribution is -2.28. The van der Waals surface area contributed by atoms with Crippen LogP contribution in [0.15, 0.2) is 229 Å². The highest BCUT2D eigenvalue weighted by Gasteiger charge is 2.29. The summed E-state index contributed by atoms with van der Waals surface area (Å²) in [6.45, 7) is 0. The van der Waals surface area contributed by atoms with Crippen LogP contribution in [0.2, 0.25) is 0 Å². The number of nitrogens with zero attached hydrogens (tertiary/aromatic N) is 2. The van der Waals surface area contributed by atoms with Gasteiger partial charge < -0.3 is 4.42 Å². The highest BCUT2D eigenvalue weighted by atomic mass is 16.3. The maximum Gasteiger partial charge on any atom is 0.143 e. The molecule has 0 atom stereocenters. The molecule has 9 aromatic carbocycles. The first-order valence-corrected chi connectivity index (χ1v) is 24.5. The Morgan fingerprint density at radius 2 is 0.648 bits per heavy atom. The van der Waals surface area contributed by atoms with Crippen LogP contribution >= 0.6 is 0 Å². The summed E-state index contributed by atoms with van der Waals surface area (Å²) in [6.07, 6.45) is 3.76. The number of furan rings is 1. The minimum absolute atomic E-state index is 0.210. The standard InChI is InChI=1S/C65H43B3N2O/c66-65(67,68)61-41(20-9-21-42(61)39-27-30-50-46-15-1-4-16-47(46)54-24-11-33-69-62(54)63-55(59(50)36-39)25-12-34-70-63)38-28-31-51-52-32-29-40(43-22-10-23-56-53-19-7-8-26-60(53)71-64(43)56)37-58(52)49-18-6-3-14-45(49)44-13-2-5-17-48(44)57(51)35-38/h1-37H,66-68H2. The number of hydrogen-bond acceptors (Lipinski definition) is 3. The third-order valence-electron chi connectivity index (χ3n) is 14.9. The highest BCUT2D eigenvalue weighted by Crippen LogP contribution is 2.52. The third kappa shape index (κ3) is 6.48. The predicted molar refractivity (Wildman–Crippen MR) is 304 cm³/mol. The van der Waals surface area contributed by atoms with Crippen LogP contribution in [0, 0.1) is 0 Å². The van der Waals surface area contributed by atoms with Gasteiger partial charge in [-0.05, 0) is 137 Å². The molecular formula is C65H43B3N2O. The lowest BCUT2D eigenvalue weighted by Gasteiger charge is -2.29. The molecule has 0 fully saturated rings. The Hall–Kier alpha value is -8.73. The van der Waals surface area contributed by atoms with Crippen molar-refractivity contribution in [2.24, 2.45) is 0 Å². The molecule has 0 N–H and O–H groups in total. The van der Waals surface area contributed by atoms with E-state index in [0.717, 1.165) is 66.7 Å². The highest BCUT2D eigenvalue weighted by molar-refractivity contribution is 6.59. The van der Waals surface area contributed by atoms with Crippen molar-refractivity contribution in [2.45, 2.75) is 5.11 Å². The molecule has 2 aliphatic rings. The van der Waals surface area contributed by atoms with E-state index in [4.69, 9.17) is 14.4 Å². The van der Waals surface area contributed by atoms with Gasteiger partial charge in [0.1, 0.15) is 11.2 Å². The summed E-state index contributed by atoms with van der Waals surface area (Å²) in [7, 11) is 7.04. The topological polar surface area (TPSA) is 38.9 Å². The van der Waals surface area contributed by atoms with Crippen LogP contribution < -0.4 is 0 Å². The summed E-state index contributed by atoms with van der Waals surface area (Å²) in [6, 6.07) is 77.9. The summed E-state index contributed by atoms with van der Waals surface area (Å²) in [4.78, 5) is 9.96. The van der Waals surface area contributed by atoms with Crippen LogP contribution in [-0.2, 0) is 5.11 Å². The Morgan fingerprint density at radius 1 is 0.296 bits per heavy atom. The zero-order valence-corrected chi connectivity index (χ0v) is 39.7. The molecule has 0 amide bonds. The van der Waals surface area contributed by atoms with E-state index in [9.17, 15) is 0 Å². The monoisotopic (exact) mass is 900 g/mol. The van der Waals surface area contributed by atoms with Gasteiger partial charge in [-0.15, -0.1) is 0 Å². The number of pyridine rings is 2. The first-order chi connectivity index (χ1) is 34.9. The van der Waals surface area contributed by atoms with Crippen LogP contribution in [0.25, 0.3) is 145 Å². The van der Waals surface area contributed by atoms with E-state index in [-0.39, 0.29) is 5.11 Å². The maximum absolute atomic E-state index is 6.59. The molecule has 0 spiro atoms. The first-order valence-electron chi connectivity index (χ1n) is 24.5. The van der Waals surface area contributed by atoms with Crippen LogP contribution in [0.1, 0.15) is 5.56 Å². The van der Waals surface area contributed by atoms with Gasteiger partial charge in [-0.3, -0.25) is 9.97 Å². The van der Waals surface area contributed by atoms with Crippen molar-refractivity contribution in [1.29, 1.82) is 0 Å². The van der Waals surface area contributed by atoms with Crippen LogP contribution in [0.3, 0.4) is 0 Å². The van der Waals surface area contributed by atoms with E-state index in [1.165, 1.54) is 83.5 Å². The summed E-state index contributed by atoms with van der Waals surface area (Å²) in [5, 5.41) is 2.05. The van der Waals surface area contributed by atoms with Crippen molar-refractivity contribution >= 4 is 45.5 Å². The first kappa shape index (κ1) is 41.3. The van der Waals surface area contributed by atoms with E-state index < -0.39 is 0 Å². The molecule has 0 unspecified atom stereocenters. The van der Waals surface area contributed by atoms with E-state index >= 15 is 0 Å². The Morgan fingerprint density at radius 3 is 1.17 bits per heavy atom. The molecule has 3 nitrogen and oxygen atoms in total. The second-order valence-electron chi connectivity index (χ2n) is 20.0. The number of fused-ring (bicyclic) bond motifs is 19. The van der Waals surface area contributed by atoms with Crippen LogP contribution in [0.5, 0.6) is 0 Å². The quantitative estimate of drug-likeness (QED) is 0.165. The van der Waals surface area contributed by atoms with Gasteiger partial charge in [-0.2, -0.15) is 0 Å². The molecule has 328 valence electrons. The van der Waals surface area contributed by atoms with Crippen molar-refractivity contribution in [2.75, 3.05) is 0 Å². The van der Waals surface area contributed by atoms with Crippen molar-refractivity contribution in [3.8, 4) is 123 Å². The summed E-state index contributed by atoms with van der Waals surface area (Å²) < 4.78 is 6.59. The molecule has 71 heavy (non-hydrogen) atoms. The lowest BCUT2D eigenvalue weighted by atomic mass is 9.39. The van der Waals surface area contributed by atoms with Gasteiger partial charge in [-0.25, -0.2) is 0 Å². The van der Waals surface area contributed by atoms with Crippen LogP contribution in [0.4, 0.5) is 0 Å². The summed E-state index contributed by atoms with van der Waals surface area (Å²) in [5.41, 5.74) is 28.5. The van der Waals surface area contributed by atoms with Gasteiger partial charge in [-0.1, -0.05) is 181 Å². The second kappa shape index (κ2) is 15.9. The summed E-state index contributed by atoms with van der Waals surface area (Å²) in [5.74, 6) is 0. The van der Waals surface area contributed by atoms with Crippen LogP contribution in [-0.4, -0.2) is 33.5 Å². The largest absolute Gasteiger partial charge is 0.455 e. The van der Waals surface area contributed by atoms with Crippen molar-refractivity contribution in [3.05, 3.63) is 230 Å². The van der Waals surface area contributed by atoms with Crippen molar-refractivity contribution in [3.63, 3.8) is 0 Å². The molecule has 0 saturated heterocycles. The number of aromatic nitrogens is 2. The molecule has 6 heteroatoms. The molecule has 2 aliphatic carbocycles. The second-order valence-corrected chi connectivity index (χ2v) is 20.0. The molecule has 0 aliphatic heterocycles. The average Bonchev–Trinajstić information content (AvgIpc) is 3.81. The Labute approximate surface area is 415 Å². The van der Waals surface area contributed by atoms with E-state index in [0.29, 0.717) is 0 Å². The number of rotatable bonds is 4. The Kier molecular flexibility index (Phi) is 9.25. The molecule has 14 rings (SSSR count). The molecule has 3 heterocycles. The van der Waals surface area contributed by atoms with E-state index in [1.54, 1.807) is 0 Å². The zero-order chi connectivity index (χ0) is 47.4. The van der Waals surface area contributed by atoms with Gasteiger partial charge in [0, 0.05) is 39.9 Å². The zero-order valence-electron chi connectivity index (χ0n) is 39.7. The van der Waals surface area contributed by atoms with Crippen molar-refractivity contribution in [1.82, 2.24) is 9.97 Å². The molecule has 0 radical (unpaired) electrons. The smallest absolute Gasteiger partial charge is 0.143 e. The van der Waals surface area contributed by atoms with E-state index in [1.807, 2.05) is 30.6 Å². The minimum Gasteiger partial charge on any atom is -0.455 e. The number of hydrogen-bond donors (Lipinski definition) is 0. The van der Waals surface area contributed by atoms with E-state index in [2.05, 4.69) is 218 Å². The fraction of sp³-hybridized carbons (Fsp3) is 0.0154. The Bertz CT molecular complexity index is 4180. The molecule has 0 bridgehead atoms. The number of benzene rings is 9. The van der Waals surface area contributed by atoms with Gasteiger partial charge in [0.05, 0.1) is 34.9 Å². The van der Waals surface area contributed by atoms with Gasteiger partial charge in [0.2, 0.25) is 0 Å². The minimum atomic E-state index is -0.210. The average molecular weight is 901 g/mol. The SMILES string of the molecule is BC(B)(B)c1c(-c2ccc3c(c2)-c2ccccc2-c2ccccc2-c2cc(-c4cccc5c4oc4ccccc45)ccc2-3)cccc1-c1ccc2c(c1)-c1cccnc1-c1ncccc1-c1ccccc1-2. The Balaban J connectivity index is 0.960. The lowest BCUT2D eigenvalue weighted by molar-refractivity contribution is 0.670. The molecule has 0 saturated carbocycles. The normalized spacial score (nSPS) is 12.1. The molecule has 3 aromatic heterocycles. The molecule has 12 aromatic rings. The predicted octanol–water partition coefficient (Wildman–Crippen LogP) is 14.3. The fourth-order valence-corrected chi connectivity index (χ4v) is 11.8. The summed E-state index contributed by atoms with van der Waals surface area (Å²) >= 11 is 0. The third-order valence-corrected chi connectivity index (χ3v) is 14.9. The molecular weight excluding hydrogens is 857 g/mol. The van der Waals surface area contributed by atoms with Gasteiger partial charge in [0.15, 0.2) is 0 Å². The van der Waals surface area contributed by atoms with Gasteiger partial charge >= 0.3 is 0 Å². The maximum atomic E-state index is 6.59. The van der Waals surface area contributed by atoms with Gasteiger partial charge in [0.25, 0.3) is 0 Å². The fourth-order valence-electron chi connectivity index (χ4n) is 11.8. The number of para-hydroxylation sites is 2.